The summed E-state index contributed by atoms with van der Waals surface area (Å²) in [6.45, 7) is 6.59. The van der Waals surface area contributed by atoms with Crippen LogP contribution in [-0.2, 0) is 24.7 Å². The zero-order chi connectivity index (χ0) is 39.0. The number of ether oxygens (including phenoxy) is 2. The smallest absolute Gasteiger partial charge is 0.407 e. The number of amides is 2. The van der Waals surface area contributed by atoms with Crippen molar-refractivity contribution in [1.82, 2.24) is 15.1 Å². The van der Waals surface area contributed by atoms with E-state index in [-0.39, 0.29) is 44.5 Å². The van der Waals surface area contributed by atoms with E-state index < -0.39 is 33.3 Å². The fourth-order valence-corrected chi connectivity index (χ4v) is 11.0. The van der Waals surface area contributed by atoms with Gasteiger partial charge in [0.25, 0.3) is 5.91 Å². The molecule has 0 spiro atoms. The number of anilines is 1. The van der Waals surface area contributed by atoms with Gasteiger partial charge < -0.3 is 35.2 Å². The molecule has 3 aliphatic heterocycles. The Kier molecular flexibility index (Phi) is 11.2. The van der Waals surface area contributed by atoms with E-state index in [1.165, 1.54) is 31.4 Å². The highest BCUT2D eigenvalue weighted by atomic mass is 32.2. The molecule has 55 heavy (non-hydrogen) atoms. The second kappa shape index (κ2) is 15.8. The minimum absolute atomic E-state index is 0.0114. The molecule has 1 saturated carbocycles. The van der Waals surface area contributed by atoms with Gasteiger partial charge in [-0.1, -0.05) is 18.6 Å². The van der Waals surface area contributed by atoms with Crippen molar-refractivity contribution in [2.24, 2.45) is 17.6 Å². The number of nitrogens with zero attached hydrogens (tertiary/aromatic N) is 3. The van der Waals surface area contributed by atoms with Crippen LogP contribution in [-0.4, -0.2) is 108 Å². The van der Waals surface area contributed by atoms with Crippen molar-refractivity contribution in [3.8, 4) is 0 Å². The molecule has 1 aliphatic carbocycles. The Bertz CT molecular complexity index is 1980. The van der Waals surface area contributed by atoms with Gasteiger partial charge in [0.1, 0.15) is 17.2 Å². The maximum atomic E-state index is 15.0. The van der Waals surface area contributed by atoms with E-state index in [4.69, 9.17) is 15.2 Å². The predicted molar refractivity (Wildman–Crippen MR) is 204 cm³/mol. The molecule has 4 aliphatic rings. The summed E-state index contributed by atoms with van der Waals surface area (Å²) in [5, 5.41) is 3.16. The fraction of sp³-hybridized carbons (Fsp3) is 0.512. The molecule has 1 unspecified atom stereocenters. The second-order valence-corrected chi connectivity index (χ2v) is 17.7. The lowest BCUT2D eigenvalue weighted by Gasteiger charge is -2.55. The molecule has 3 saturated heterocycles. The van der Waals surface area contributed by atoms with E-state index >= 15 is 4.39 Å². The van der Waals surface area contributed by atoms with Crippen LogP contribution in [0.2, 0.25) is 0 Å². The van der Waals surface area contributed by atoms with Crippen LogP contribution < -0.4 is 16.0 Å². The summed E-state index contributed by atoms with van der Waals surface area (Å²) in [6.07, 6.45) is 5.41. The average molecular weight is 780 g/mol. The number of rotatable bonds is 13. The summed E-state index contributed by atoms with van der Waals surface area (Å²) < 4.78 is 67.1. The molecule has 3 heterocycles. The molecule has 3 N–H and O–H groups in total. The lowest BCUT2D eigenvalue weighted by atomic mass is 9.57. The summed E-state index contributed by atoms with van der Waals surface area (Å²) in [4.78, 5) is 30.8. The Balaban J connectivity index is 1.04. The largest absolute Gasteiger partial charge is 0.453 e. The van der Waals surface area contributed by atoms with Gasteiger partial charge in [-0.3, -0.25) is 4.79 Å². The summed E-state index contributed by atoms with van der Waals surface area (Å²) >= 11 is 0. The molecule has 3 aromatic rings. The van der Waals surface area contributed by atoms with E-state index in [2.05, 4.69) is 26.1 Å². The Morgan fingerprint density at radius 2 is 1.60 bits per heavy atom. The third-order valence-electron chi connectivity index (χ3n) is 12.7. The van der Waals surface area contributed by atoms with Crippen LogP contribution in [0.4, 0.5) is 19.3 Å². The van der Waals surface area contributed by atoms with Crippen molar-refractivity contribution in [3.63, 3.8) is 0 Å². The summed E-state index contributed by atoms with van der Waals surface area (Å²) in [7, 11) is -0.894. The first-order valence-electron chi connectivity index (χ1n) is 19.2. The number of primary amides is 1. The summed E-state index contributed by atoms with van der Waals surface area (Å²) in [5.74, 6) is -1.78. The molecule has 296 valence electrons. The van der Waals surface area contributed by atoms with Crippen LogP contribution in [0.15, 0.2) is 76.5 Å². The zero-order valence-electron chi connectivity index (χ0n) is 31.5. The first-order chi connectivity index (χ1) is 26.4. The maximum Gasteiger partial charge on any atom is 0.407 e. The van der Waals surface area contributed by atoms with E-state index in [0.29, 0.717) is 13.1 Å². The number of sulfone groups is 1. The highest BCUT2D eigenvalue weighted by molar-refractivity contribution is 7.91. The number of hydrogen-bond donors (Lipinski definition) is 2. The number of carbonyl (C=O) groups is 2. The molecule has 3 atom stereocenters. The number of piperidine rings is 1. The SMILES string of the molecule is COC(=O)N[C@H]1CCC[C@@H]1C(CN1CCC1)(c1cccc(F)c1)C1CCN(CC2(OC)CN(c3ccc(S(=O)(=O)c4ccc(C(N)=O)c(F)c4)cc3)C2)CC1. The van der Waals surface area contributed by atoms with E-state index in [1.807, 2.05) is 6.07 Å². The van der Waals surface area contributed by atoms with Crippen LogP contribution in [0.1, 0.15) is 54.4 Å². The Morgan fingerprint density at radius 3 is 2.20 bits per heavy atom. The van der Waals surface area contributed by atoms with Gasteiger partial charge in [-0.15, -0.1) is 0 Å². The molecule has 7 rings (SSSR count). The standard InChI is InChI=1S/C41H51F2N5O6S/c1-53-39(50)45-37-9-4-8-35(37)41(27-46-18-5-19-46,29-6-3-7-30(42)22-29)28-16-20-47(21-17-28)24-40(54-2)25-48(26-40)31-10-12-32(13-11-31)55(51,52)33-14-15-34(38(44)49)36(43)23-33/h3,6-7,10-15,22-23,28,35,37H,4-5,8-9,16-21,24-27H2,1-2H3,(H2,44,49)(H,45,50)/t35-,37-,41?/m0/s1. The number of benzene rings is 3. The lowest BCUT2D eigenvalue weighted by Crippen LogP contribution is -2.68. The van der Waals surface area contributed by atoms with Crippen molar-refractivity contribution >= 4 is 27.5 Å². The quantitative estimate of drug-likeness (QED) is 0.247. The Labute approximate surface area is 322 Å². The van der Waals surface area contributed by atoms with E-state index in [1.54, 1.807) is 25.3 Å². The normalized spacial score (nSPS) is 23.0. The number of methoxy groups -OCH3 is 2. The van der Waals surface area contributed by atoms with Gasteiger partial charge in [-0.2, -0.15) is 0 Å². The maximum absolute atomic E-state index is 15.0. The van der Waals surface area contributed by atoms with E-state index in [9.17, 15) is 22.4 Å². The summed E-state index contributed by atoms with van der Waals surface area (Å²) in [5.41, 5.74) is 5.91. The molecule has 14 heteroatoms. The van der Waals surface area contributed by atoms with Gasteiger partial charge in [0.15, 0.2) is 0 Å². The number of alkyl carbamates (subject to hydrolysis) is 1. The highest BCUT2D eigenvalue weighted by Crippen LogP contribution is 2.51. The Hall–Kier alpha value is -4.11. The number of carbonyl (C=O) groups excluding carboxylic acids is 2. The average Bonchev–Trinajstić information content (AvgIpc) is 3.61. The van der Waals surface area contributed by atoms with Crippen molar-refractivity contribution in [1.29, 1.82) is 0 Å². The van der Waals surface area contributed by atoms with Crippen LogP contribution in [0.5, 0.6) is 0 Å². The van der Waals surface area contributed by atoms with Crippen LogP contribution in [0.3, 0.4) is 0 Å². The number of halogens is 2. The lowest BCUT2D eigenvalue weighted by molar-refractivity contribution is -0.0657. The number of nitrogens with two attached hydrogens (primary N) is 1. The first-order valence-corrected chi connectivity index (χ1v) is 20.7. The number of likely N-dealkylation sites (tertiary alicyclic amines) is 2. The molecule has 2 amide bonds. The third-order valence-corrected chi connectivity index (χ3v) is 14.5. The van der Waals surface area contributed by atoms with Gasteiger partial charge in [-0.25, -0.2) is 22.0 Å². The topological polar surface area (TPSA) is 135 Å². The van der Waals surface area contributed by atoms with Crippen LogP contribution in [0, 0.1) is 23.5 Å². The monoisotopic (exact) mass is 779 g/mol. The molecule has 0 bridgehead atoms. The van der Waals surface area contributed by atoms with Crippen molar-refractivity contribution in [3.05, 3.63) is 89.5 Å². The zero-order valence-corrected chi connectivity index (χ0v) is 32.3. The summed E-state index contributed by atoms with van der Waals surface area (Å²) in [6, 6.07) is 16.7. The van der Waals surface area contributed by atoms with Crippen molar-refractivity contribution < 1.29 is 36.3 Å². The van der Waals surface area contributed by atoms with Crippen LogP contribution >= 0.6 is 0 Å². The molecule has 11 nitrogen and oxygen atoms in total. The highest BCUT2D eigenvalue weighted by Gasteiger charge is 2.54. The van der Waals surface area contributed by atoms with Gasteiger partial charge >= 0.3 is 6.09 Å². The van der Waals surface area contributed by atoms with Gasteiger partial charge in [-0.05, 0) is 130 Å². The third kappa shape index (κ3) is 7.70. The number of nitrogens with one attached hydrogen (secondary N) is 1. The van der Waals surface area contributed by atoms with E-state index in [0.717, 1.165) is 101 Å². The molecule has 3 aromatic carbocycles. The predicted octanol–water partition coefficient (Wildman–Crippen LogP) is 4.98. The van der Waals surface area contributed by atoms with Gasteiger partial charge in [0.2, 0.25) is 9.84 Å². The minimum atomic E-state index is -4.02. The first kappa shape index (κ1) is 39.1. The second-order valence-electron chi connectivity index (χ2n) is 15.8. The molecule has 0 aromatic heterocycles. The minimum Gasteiger partial charge on any atom is -0.453 e. The molecular weight excluding hydrogens is 729 g/mol. The van der Waals surface area contributed by atoms with Gasteiger partial charge in [0, 0.05) is 37.3 Å². The molecular formula is C41H51F2N5O6S. The van der Waals surface area contributed by atoms with Crippen molar-refractivity contribution in [2.75, 3.05) is 71.5 Å². The molecule has 4 fully saturated rings. The Morgan fingerprint density at radius 1 is 0.891 bits per heavy atom. The van der Waals surface area contributed by atoms with Crippen molar-refractivity contribution in [2.45, 2.75) is 65.4 Å². The van der Waals surface area contributed by atoms with Crippen LogP contribution in [0.25, 0.3) is 0 Å². The number of hydrogen-bond acceptors (Lipinski definition) is 9. The molecule has 0 radical (unpaired) electrons. The van der Waals surface area contributed by atoms with Gasteiger partial charge in [0.05, 0.1) is 35.6 Å². The fourth-order valence-electron chi connectivity index (χ4n) is 9.71.